The Morgan fingerprint density at radius 2 is 2.12 bits per heavy atom. The molecule has 0 radical (unpaired) electrons. The van der Waals surface area contributed by atoms with Crippen molar-refractivity contribution < 1.29 is 4.79 Å². The fraction of sp³-hybridized carbons (Fsp3) is 0.857. The maximum absolute atomic E-state index is 11.9. The Bertz CT molecular complexity index is 298. The van der Waals surface area contributed by atoms with E-state index in [9.17, 15) is 4.79 Å². The third kappa shape index (κ3) is 3.73. The van der Waals surface area contributed by atoms with E-state index >= 15 is 0 Å². The van der Waals surface area contributed by atoms with Crippen LogP contribution in [0.5, 0.6) is 0 Å². The van der Waals surface area contributed by atoms with E-state index in [1.807, 2.05) is 0 Å². The predicted octanol–water partition coefficient (Wildman–Crippen LogP) is 2.87. The highest BCUT2D eigenvalue weighted by molar-refractivity contribution is 5.86. The number of nitrogens with one attached hydrogen (secondary N) is 1. The molecule has 0 bridgehead atoms. The molecule has 1 rings (SSSR count). The minimum atomic E-state index is -0.711. The third-order valence-corrected chi connectivity index (χ3v) is 3.54. The fourth-order valence-electron chi connectivity index (χ4n) is 2.51. The highest BCUT2D eigenvalue weighted by Gasteiger charge is 2.48. The second kappa shape index (κ2) is 6.05. The lowest BCUT2D eigenvalue weighted by molar-refractivity contribution is -0.133. The number of nitrogens with zero attached hydrogens (tertiary/aromatic N) is 1. The molecule has 1 amide bonds. The van der Waals surface area contributed by atoms with Gasteiger partial charge in [0.05, 0.1) is 6.07 Å². The smallest absolute Gasteiger partial charge is 0.240 e. The maximum atomic E-state index is 11.9. The average Bonchev–Trinajstić information content (AvgIpc) is 2.23. The number of hydrogen-bond donors (Lipinski definition) is 1. The first-order valence-electron chi connectivity index (χ1n) is 6.70. The number of carbonyl (C=O) groups excluding carboxylic acids is 1. The molecule has 17 heavy (non-hydrogen) atoms. The standard InChI is InChI=1S/C14H24N2O/c1-11(2)6-4-5-7-16-13(17)14(10-15)8-12(3)9-14/h11-12H,4-9H2,1-3H3,(H,16,17). The normalized spacial score (nSPS) is 27.4. The largest absolute Gasteiger partial charge is 0.355 e. The van der Waals surface area contributed by atoms with Crippen LogP contribution in [0.1, 0.15) is 52.9 Å². The quantitative estimate of drug-likeness (QED) is 0.721. The summed E-state index contributed by atoms with van der Waals surface area (Å²) in [7, 11) is 0. The molecule has 0 unspecified atom stereocenters. The summed E-state index contributed by atoms with van der Waals surface area (Å²) in [4.78, 5) is 11.9. The molecular weight excluding hydrogens is 212 g/mol. The van der Waals surface area contributed by atoms with E-state index in [-0.39, 0.29) is 5.91 Å². The number of carbonyl (C=O) groups is 1. The lowest BCUT2D eigenvalue weighted by atomic mass is 9.63. The number of rotatable bonds is 6. The van der Waals surface area contributed by atoms with Gasteiger partial charge in [-0.3, -0.25) is 4.79 Å². The van der Waals surface area contributed by atoms with Gasteiger partial charge < -0.3 is 5.32 Å². The molecule has 1 saturated carbocycles. The van der Waals surface area contributed by atoms with E-state index in [1.54, 1.807) is 0 Å². The van der Waals surface area contributed by atoms with Crippen molar-refractivity contribution in [2.75, 3.05) is 6.54 Å². The third-order valence-electron chi connectivity index (χ3n) is 3.54. The first kappa shape index (κ1) is 14.0. The van der Waals surface area contributed by atoms with E-state index in [0.29, 0.717) is 12.5 Å². The molecule has 96 valence electrons. The van der Waals surface area contributed by atoms with E-state index in [4.69, 9.17) is 5.26 Å². The molecule has 0 aromatic rings. The van der Waals surface area contributed by atoms with Gasteiger partial charge >= 0.3 is 0 Å². The first-order valence-corrected chi connectivity index (χ1v) is 6.70. The van der Waals surface area contributed by atoms with Gasteiger partial charge in [0.15, 0.2) is 0 Å². The topological polar surface area (TPSA) is 52.9 Å². The van der Waals surface area contributed by atoms with Crippen LogP contribution >= 0.6 is 0 Å². The van der Waals surface area contributed by atoms with Crippen molar-refractivity contribution in [2.24, 2.45) is 17.3 Å². The molecule has 0 atom stereocenters. The summed E-state index contributed by atoms with van der Waals surface area (Å²) in [5, 5.41) is 12.0. The van der Waals surface area contributed by atoms with E-state index < -0.39 is 5.41 Å². The second-order valence-electron chi connectivity index (χ2n) is 5.85. The van der Waals surface area contributed by atoms with Gasteiger partial charge in [-0.05, 0) is 31.1 Å². The van der Waals surface area contributed by atoms with E-state index in [2.05, 4.69) is 32.2 Å². The second-order valence-corrected chi connectivity index (χ2v) is 5.85. The van der Waals surface area contributed by atoms with Crippen LogP contribution < -0.4 is 5.32 Å². The molecule has 1 aliphatic carbocycles. The molecule has 0 heterocycles. The summed E-state index contributed by atoms with van der Waals surface area (Å²) < 4.78 is 0. The zero-order valence-corrected chi connectivity index (χ0v) is 11.3. The zero-order chi connectivity index (χ0) is 12.9. The number of unbranched alkanes of at least 4 members (excludes halogenated alkanes) is 1. The van der Waals surface area contributed by atoms with Gasteiger partial charge in [-0.1, -0.05) is 33.6 Å². The minimum absolute atomic E-state index is 0.0531. The van der Waals surface area contributed by atoms with Gasteiger partial charge in [0.1, 0.15) is 5.41 Å². The average molecular weight is 236 g/mol. The number of amides is 1. The van der Waals surface area contributed by atoms with Crippen LogP contribution in [0, 0.1) is 28.6 Å². The van der Waals surface area contributed by atoms with Crippen molar-refractivity contribution in [3.63, 3.8) is 0 Å². The van der Waals surface area contributed by atoms with Crippen LogP contribution in [0.15, 0.2) is 0 Å². The molecule has 0 aliphatic heterocycles. The van der Waals surface area contributed by atoms with Crippen LogP contribution in [0.25, 0.3) is 0 Å². The van der Waals surface area contributed by atoms with Gasteiger partial charge in [-0.15, -0.1) is 0 Å². The van der Waals surface area contributed by atoms with Gasteiger partial charge in [0, 0.05) is 6.54 Å². The van der Waals surface area contributed by atoms with Gasteiger partial charge in [0.25, 0.3) is 0 Å². The Kier molecular flexibility index (Phi) is 4.99. The molecule has 1 N–H and O–H groups in total. The van der Waals surface area contributed by atoms with E-state index in [0.717, 1.165) is 31.6 Å². The fourth-order valence-corrected chi connectivity index (χ4v) is 2.51. The van der Waals surface area contributed by atoms with Crippen molar-refractivity contribution in [3.8, 4) is 6.07 Å². The van der Waals surface area contributed by atoms with Crippen LogP contribution in [0.3, 0.4) is 0 Å². The molecule has 0 spiro atoms. The Labute approximate surface area is 105 Å². The molecule has 0 saturated heterocycles. The summed E-state index contributed by atoms with van der Waals surface area (Å²) in [5.74, 6) is 1.19. The van der Waals surface area contributed by atoms with Crippen LogP contribution in [-0.4, -0.2) is 12.5 Å². The van der Waals surface area contributed by atoms with Crippen molar-refractivity contribution in [1.29, 1.82) is 5.26 Å². The molecule has 1 aliphatic rings. The zero-order valence-electron chi connectivity index (χ0n) is 11.3. The Morgan fingerprint density at radius 3 is 2.59 bits per heavy atom. The Hall–Kier alpha value is -1.04. The lowest BCUT2D eigenvalue weighted by Crippen LogP contribution is -2.48. The highest BCUT2D eigenvalue weighted by Crippen LogP contribution is 2.44. The summed E-state index contributed by atoms with van der Waals surface area (Å²) in [6.07, 6.45) is 4.81. The van der Waals surface area contributed by atoms with Crippen molar-refractivity contribution in [2.45, 2.75) is 52.9 Å². The van der Waals surface area contributed by atoms with Crippen LogP contribution in [0.2, 0.25) is 0 Å². The lowest BCUT2D eigenvalue weighted by Gasteiger charge is -2.39. The molecule has 0 aromatic carbocycles. The first-order chi connectivity index (χ1) is 8.00. The van der Waals surface area contributed by atoms with Crippen molar-refractivity contribution in [1.82, 2.24) is 5.32 Å². The van der Waals surface area contributed by atoms with Gasteiger partial charge in [0.2, 0.25) is 5.91 Å². The molecule has 3 heteroatoms. The monoisotopic (exact) mass is 236 g/mol. The van der Waals surface area contributed by atoms with Crippen LogP contribution in [-0.2, 0) is 4.79 Å². The summed E-state index contributed by atoms with van der Waals surface area (Å²) in [6.45, 7) is 7.22. The number of nitriles is 1. The van der Waals surface area contributed by atoms with Gasteiger partial charge in [-0.2, -0.15) is 5.26 Å². The SMILES string of the molecule is CC(C)CCCCNC(=O)C1(C#N)CC(C)C1. The summed E-state index contributed by atoms with van der Waals surface area (Å²) in [6, 6.07) is 2.19. The molecule has 1 fully saturated rings. The highest BCUT2D eigenvalue weighted by atomic mass is 16.2. The van der Waals surface area contributed by atoms with Crippen molar-refractivity contribution >= 4 is 5.91 Å². The van der Waals surface area contributed by atoms with Crippen molar-refractivity contribution in [3.05, 3.63) is 0 Å². The molecule has 3 nitrogen and oxygen atoms in total. The summed E-state index contributed by atoms with van der Waals surface area (Å²) in [5.41, 5.74) is -0.711. The van der Waals surface area contributed by atoms with E-state index in [1.165, 1.54) is 6.42 Å². The van der Waals surface area contributed by atoms with Crippen LogP contribution in [0.4, 0.5) is 0 Å². The Morgan fingerprint density at radius 1 is 1.47 bits per heavy atom. The minimum Gasteiger partial charge on any atom is -0.355 e. The number of hydrogen-bond acceptors (Lipinski definition) is 2. The van der Waals surface area contributed by atoms with Gasteiger partial charge in [-0.25, -0.2) is 0 Å². The maximum Gasteiger partial charge on any atom is 0.240 e. The Balaban J connectivity index is 2.19. The molecule has 0 aromatic heterocycles. The summed E-state index contributed by atoms with van der Waals surface area (Å²) >= 11 is 0. The molecular formula is C14H24N2O. The predicted molar refractivity (Wildman–Crippen MR) is 68.1 cm³/mol.